The largest absolute Gasteiger partial charge is 0.464 e. The summed E-state index contributed by atoms with van der Waals surface area (Å²) in [6.07, 6.45) is 1.27. The summed E-state index contributed by atoms with van der Waals surface area (Å²) in [5, 5.41) is 3.86. The van der Waals surface area contributed by atoms with E-state index in [1.165, 1.54) is 11.4 Å². The Morgan fingerprint density at radius 3 is 2.41 bits per heavy atom. The minimum absolute atomic E-state index is 0.248. The van der Waals surface area contributed by atoms with Gasteiger partial charge in [0.25, 0.3) is 0 Å². The molecule has 2 aliphatic heterocycles. The van der Waals surface area contributed by atoms with Crippen LogP contribution in [-0.2, 0) is 24.4 Å². The van der Waals surface area contributed by atoms with Gasteiger partial charge in [0.2, 0.25) is 10.0 Å². The number of carbonyl (C=O) groups is 1. The van der Waals surface area contributed by atoms with Crippen molar-refractivity contribution in [3.05, 3.63) is 54.6 Å². The molecule has 0 aromatic heterocycles. The molecule has 0 amide bonds. The van der Waals surface area contributed by atoms with E-state index in [4.69, 9.17) is 9.57 Å². The molecule has 8 heteroatoms. The lowest BCUT2D eigenvalue weighted by Gasteiger charge is -2.36. The molecule has 1 spiro atoms. The van der Waals surface area contributed by atoms with Gasteiger partial charge in [-0.1, -0.05) is 53.7 Å². The second-order valence-electron chi connectivity index (χ2n) is 7.25. The van der Waals surface area contributed by atoms with Crippen LogP contribution in [0.3, 0.4) is 0 Å². The van der Waals surface area contributed by atoms with Gasteiger partial charge in [0.15, 0.2) is 5.71 Å². The van der Waals surface area contributed by atoms with Gasteiger partial charge in [-0.25, -0.2) is 13.2 Å². The molecule has 152 valence electrons. The van der Waals surface area contributed by atoms with Gasteiger partial charge in [-0.3, -0.25) is 0 Å². The first-order valence-corrected chi connectivity index (χ1v) is 10.9. The Bertz CT molecular complexity index is 1040. The average Bonchev–Trinajstić information content (AvgIpc) is 3.17. The van der Waals surface area contributed by atoms with Crippen molar-refractivity contribution in [3.63, 3.8) is 0 Å². The predicted molar refractivity (Wildman–Crippen MR) is 108 cm³/mol. The summed E-state index contributed by atoms with van der Waals surface area (Å²) in [6.45, 7) is 0.602. The maximum Gasteiger partial charge on any atom is 0.355 e. The number of hydrogen-bond acceptors (Lipinski definition) is 6. The van der Waals surface area contributed by atoms with E-state index in [1.54, 1.807) is 12.1 Å². The number of carbonyl (C=O) groups excluding carboxylic acids is 1. The molecule has 1 saturated heterocycles. The average molecular weight is 414 g/mol. The minimum atomic E-state index is -3.67. The van der Waals surface area contributed by atoms with Crippen molar-refractivity contribution in [3.8, 4) is 11.1 Å². The number of benzene rings is 2. The third kappa shape index (κ3) is 3.65. The maximum absolute atomic E-state index is 13.4. The molecule has 2 aromatic rings. The van der Waals surface area contributed by atoms with Gasteiger partial charge in [0.05, 0.1) is 12.0 Å². The second-order valence-corrected chi connectivity index (χ2v) is 9.15. The number of esters is 1. The number of hydrogen-bond donors (Lipinski definition) is 0. The molecule has 2 heterocycles. The Morgan fingerprint density at radius 2 is 1.72 bits per heavy atom. The van der Waals surface area contributed by atoms with Gasteiger partial charge in [0, 0.05) is 37.9 Å². The number of rotatable bonds is 4. The summed E-state index contributed by atoms with van der Waals surface area (Å²) in [5.74, 6) is -0.506. The van der Waals surface area contributed by atoms with E-state index in [2.05, 4.69) is 5.16 Å². The number of oxime groups is 1. The molecule has 0 saturated carbocycles. The molecule has 0 N–H and O–H groups in total. The number of methoxy groups -OCH3 is 1. The van der Waals surface area contributed by atoms with Crippen LogP contribution < -0.4 is 0 Å². The van der Waals surface area contributed by atoms with Gasteiger partial charge in [0.1, 0.15) is 5.60 Å². The maximum atomic E-state index is 13.4. The lowest BCUT2D eigenvalue weighted by Crippen LogP contribution is -2.47. The van der Waals surface area contributed by atoms with Gasteiger partial charge >= 0.3 is 5.97 Å². The smallest absolute Gasteiger partial charge is 0.355 e. The fraction of sp³-hybridized carbons (Fsp3) is 0.333. The highest BCUT2D eigenvalue weighted by atomic mass is 32.2. The molecule has 4 rings (SSSR count). The Kier molecular flexibility index (Phi) is 5.14. The van der Waals surface area contributed by atoms with Crippen LogP contribution in [0.5, 0.6) is 0 Å². The van der Waals surface area contributed by atoms with Crippen molar-refractivity contribution in [2.45, 2.75) is 29.8 Å². The Balaban J connectivity index is 1.54. The summed E-state index contributed by atoms with van der Waals surface area (Å²) >= 11 is 0. The van der Waals surface area contributed by atoms with Crippen LogP contribution in [0.25, 0.3) is 11.1 Å². The normalized spacial score (nSPS) is 18.9. The van der Waals surface area contributed by atoms with Gasteiger partial charge in [-0.2, -0.15) is 4.31 Å². The quantitative estimate of drug-likeness (QED) is 0.718. The number of piperidine rings is 1. The van der Waals surface area contributed by atoms with Crippen LogP contribution in [-0.4, -0.2) is 50.2 Å². The molecular formula is C21H22N2O5S. The molecule has 1 fully saturated rings. The zero-order valence-electron chi connectivity index (χ0n) is 16.1. The molecule has 0 radical (unpaired) electrons. The fourth-order valence-corrected chi connectivity index (χ4v) is 5.49. The zero-order valence-corrected chi connectivity index (χ0v) is 16.9. The van der Waals surface area contributed by atoms with Gasteiger partial charge in [-0.15, -0.1) is 0 Å². The van der Waals surface area contributed by atoms with Crippen molar-refractivity contribution < 1.29 is 22.8 Å². The van der Waals surface area contributed by atoms with Crippen LogP contribution in [0.1, 0.15) is 19.3 Å². The Morgan fingerprint density at radius 1 is 1.07 bits per heavy atom. The number of nitrogens with zero attached hydrogens (tertiary/aromatic N) is 2. The minimum Gasteiger partial charge on any atom is -0.464 e. The van der Waals surface area contributed by atoms with Crippen LogP contribution in [0.4, 0.5) is 0 Å². The van der Waals surface area contributed by atoms with E-state index in [0.717, 1.165) is 5.56 Å². The Labute approximate surface area is 170 Å². The predicted octanol–water partition coefficient (Wildman–Crippen LogP) is 2.83. The van der Waals surface area contributed by atoms with E-state index >= 15 is 0 Å². The summed E-state index contributed by atoms with van der Waals surface area (Å²) < 4.78 is 33.0. The molecule has 2 aromatic carbocycles. The molecule has 7 nitrogen and oxygen atoms in total. The van der Waals surface area contributed by atoms with Gasteiger partial charge in [-0.05, 0) is 11.6 Å². The lowest BCUT2D eigenvalue weighted by atomic mass is 9.88. The summed E-state index contributed by atoms with van der Waals surface area (Å²) in [6, 6.07) is 16.5. The first kappa shape index (κ1) is 19.6. The lowest BCUT2D eigenvalue weighted by molar-refractivity contribution is -0.132. The highest BCUT2D eigenvalue weighted by Crippen LogP contribution is 2.37. The SMILES string of the molecule is COC(=O)C1=NOC2(CCN(S(=O)(=O)c3ccccc3-c3ccccc3)CC2)C1. The van der Waals surface area contributed by atoms with Crippen LogP contribution in [0, 0.1) is 0 Å². The molecule has 0 atom stereocenters. The first-order chi connectivity index (χ1) is 14.0. The highest BCUT2D eigenvalue weighted by Gasteiger charge is 2.46. The second kappa shape index (κ2) is 7.61. The van der Waals surface area contributed by atoms with E-state index < -0.39 is 21.6 Å². The molecule has 29 heavy (non-hydrogen) atoms. The fourth-order valence-electron chi connectivity index (χ4n) is 3.84. The summed E-state index contributed by atoms with van der Waals surface area (Å²) in [4.78, 5) is 17.5. The van der Waals surface area contributed by atoms with E-state index in [0.29, 0.717) is 42.8 Å². The van der Waals surface area contributed by atoms with Crippen molar-refractivity contribution >= 4 is 21.7 Å². The standard InChI is InChI=1S/C21H22N2O5S/c1-27-20(24)18-15-21(28-22-18)11-13-23(14-12-21)29(25,26)19-10-6-5-9-17(19)16-7-3-2-4-8-16/h2-10H,11-15H2,1H3. The van der Waals surface area contributed by atoms with E-state index in [1.807, 2.05) is 42.5 Å². The third-order valence-electron chi connectivity index (χ3n) is 5.48. The van der Waals surface area contributed by atoms with Crippen LogP contribution in [0.2, 0.25) is 0 Å². The Hall–Kier alpha value is -2.71. The summed E-state index contributed by atoms with van der Waals surface area (Å²) in [7, 11) is -2.37. The van der Waals surface area contributed by atoms with Crippen molar-refractivity contribution in [2.24, 2.45) is 5.16 Å². The molecule has 0 aliphatic carbocycles. The summed E-state index contributed by atoms with van der Waals surface area (Å²) in [5.41, 5.74) is 1.16. The van der Waals surface area contributed by atoms with Gasteiger partial charge < -0.3 is 9.57 Å². The number of sulfonamides is 1. The molecule has 0 bridgehead atoms. The van der Waals surface area contributed by atoms with Crippen LogP contribution in [0.15, 0.2) is 64.6 Å². The zero-order chi connectivity index (χ0) is 20.5. The molecular weight excluding hydrogens is 392 g/mol. The van der Waals surface area contributed by atoms with E-state index in [9.17, 15) is 13.2 Å². The topological polar surface area (TPSA) is 85.3 Å². The highest BCUT2D eigenvalue weighted by molar-refractivity contribution is 7.89. The third-order valence-corrected chi connectivity index (χ3v) is 7.44. The van der Waals surface area contributed by atoms with Crippen molar-refractivity contribution in [2.75, 3.05) is 20.2 Å². The number of ether oxygens (including phenoxy) is 1. The molecule has 0 unspecified atom stereocenters. The van der Waals surface area contributed by atoms with Crippen molar-refractivity contribution in [1.82, 2.24) is 4.31 Å². The molecule has 2 aliphatic rings. The monoisotopic (exact) mass is 414 g/mol. The van der Waals surface area contributed by atoms with E-state index in [-0.39, 0.29) is 5.71 Å². The van der Waals surface area contributed by atoms with Crippen molar-refractivity contribution in [1.29, 1.82) is 0 Å². The van der Waals surface area contributed by atoms with Crippen LogP contribution >= 0.6 is 0 Å². The first-order valence-electron chi connectivity index (χ1n) is 9.43.